The van der Waals surface area contributed by atoms with E-state index in [2.05, 4.69) is 4.99 Å². The minimum Gasteiger partial charge on any atom is -0.479 e. The molecular formula is C11H12N2O3. The average Bonchev–Trinajstić information content (AvgIpc) is 2.19. The Bertz CT molecular complexity index is 462. The molecule has 2 aliphatic rings. The number of carbonyl (C=O) groups is 2. The van der Waals surface area contributed by atoms with E-state index in [1.165, 1.54) is 6.92 Å². The van der Waals surface area contributed by atoms with Crippen molar-refractivity contribution in [3.63, 3.8) is 0 Å². The highest BCUT2D eigenvalue weighted by molar-refractivity contribution is 6.11. The number of carbonyl (C=O) groups excluding carboxylic acids is 1. The molecule has 2 aliphatic heterocycles. The molecule has 1 atom stereocenters. The van der Waals surface area contributed by atoms with Crippen LogP contribution in [0.3, 0.4) is 0 Å². The molecule has 0 spiro atoms. The van der Waals surface area contributed by atoms with Crippen LogP contribution in [-0.2, 0) is 9.59 Å². The first-order valence-electron chi connectivity index (χ1n) is 4.95. The zero-order valence-corrected chi connectivity index (χ0v) is 9.10. The number of amidine groups is 1. The Morgan fingerprint density at radius 1 is 1.62 bits per heavy atom. The van der Waals surface area contributed by atoms with Crippen LogP contribution in [0.5, 0.6) is 0 Å². The second-order valence-electron chi connectivity index (χ2n) is 4.15. The van der Waals surface area contributed by atoms with E-state index in [0.29, 0.717) is 5.84 Å². The van der Waals surface area contributed by atoms with Crippen LogP contribution in [0.2, 0.25) is 0 Å². The number of hydrogen-bond donors (Lipinski definition) is 1. The number of fused-ring (bicyclic) bond motifs is 1. The van der Waals surface area contributed by atoms with E-state index in [-0.39, 0.29) is 12.3 Å². The normalized spacial score (nSPS) is 28.4. The molecule has 5 nitrogen and oxygen atoms in total. The van der Waals surface area contributed by atoms with Gasteiger partial charge in [-0.1, -0.05) is 6.08 Å². The molecule has 1 unspecified atom stereocenters. The Morgan fingerprint density at radius 2 is 2.31 bits per heavy atom. The maximum atomic E-state index is 11.5. The van der Waals surface area contributed by atoms with E-state index in [1.54, 1.807) is 30.2 Å². The summed E-state index contributed by atoms with van der Waals surface area (Å²) in [7, 11) is 0. The van der Waals surface area contributed by atoms with Crippen molar-refractivity contribution in [3.8, 4) is 0 Å². The summed E-state index contributed by atoms with van der Waals surface area (Å²) >= 11 is 0. The molecule has 2 heterocycles. The van der Waals surface area contributed by atoms with Crippen molar-refractivity contribution < 1.29 is 14.7 Å². The van der Waals surface area contributed by atoms with Crippen molar-refractivity contribution in [2.24, 2.45) is 4.99 Å². The van der Waals surface area contributed by atoms with Crippen LogP contribution >= 0.6 is 0 Å². The number of amides is 1. The lowest BCUT2D eigenvalue weighted by atomic mass is 9.91. The van der Waals surface area contributed by atoms with Crippen molar-refractivity contribution in [1.29, 1.82) is 0 Å². The average molecular weight is 220 g/mol. The van der Waals surface area contributed by atoms with Gasteiger partial charge in [-0.3, -0.25) is 4.79 Å². The quantitative estimate of drug-likeness (QED) is 0.713. The van der Waals surface area contributed by atoms with Crippen molar-refractivity contribution >= 4 is 17.7 Å². The summed E-state index contributed by atoms with van der Waals surface area (Å²) in [5.74, 6) is -0.976. The minimum atomic E-state index is -1.24. The van der Waals surface area contributed by atoms with Gasteiger partial charge in [-0.05, 0) is 25.5 Å². The smallest absolute Gasteiger partial charge is 0.330 e. The number of nitrogens with zero attached hydrogens (tertiary/aromatic N) is 2. The number of aliphatic imine (C=N–C) groups is 1. The molecule has 0 bridgehead atoms. The molecule has 0 fully saturated rings. The topological polar surface area (TPSA) is 70.0 Å². The van der Waals surface area contributed by atoms with Crippen molar-refractivity contribution in [1.82, 2.24) is 4.90 Å². The van der Waals surface area contributed by atoms with Crippen molar-refractivity contribution in [3.05, 3.63) is 23.9 Å². The molecule has 0 aliphatic carbocycles. The van der Waals surface area contributed by atoms with Crippen LogP contribution in [0.4, 0.5) is 0 Å². The zero-order chi connectivity index (χ0) is 11.9. The Labute approximate surface area is 92.8 Å². The van der Waals surface area contributed by atoms with Gasteiger partial charge in [-0.15, -0.1) is 0 Å². The fraction of sp³-hybridized carbons (Fsp3) is 0.364. The highest BCUT2D eigenvalue weighted by Crippen LogP contribution is 2.29. The number of carboxylic acids is 1. The largest absolute Gasteiger partial charge is 0.479 e. The van der Waals surface area contributed by atoms with Crippen LogP contribution in [-0.4, -0.2) is 33.3 Å². The van der Waals surface area contributed by atoms with Gasteiger partial charge in [0.05, 0.1) is 6.42 Å². The first-order valence-corrected chi connectivity index (χ1v) is 4.95. The van der Waals surface area contributed by atoms with Crippen LogP contribution in [0.15, 0.2) is 28.9 Å². The summed E-state index contributed by atoms with van der Waals surface area (Å²) in [5, 5.41) is 9.24. The lowest BCUT2D eigenvalue weighted by Crippen LogP contribution is -2.56. The second-order valence-corrected chi connectivity index (χ2v) is 4.15. The van der Waals surface area contributed by atoms with E-state index in [4.69, 9.17) is 0 Å². The molecule has 84 valence electrons. The van der Waals surface area contributed by atoms with Crippen molar-refractivity contribution in [2.75, 3.05) is 0 Å². The second kappa shape index (κ2) is 3.30. The molecule has 0 radical (unpaired) electrons. The summed E-state index contributed by atoms with van der Waals surface area (Å²) in [6, 6.07) is 0. The van der Waals surface area contributed by atoms with E-state index < -0.39 is 11.5 Å². The highest BCUT2D eigenvalue weighted by atomic mass is 16.4. The first kappa shape index (κ1) is 10.6. The lowest BCUT2D eigenvalue weighted by molar-refractivity contribution is -0.149. The molecule has 0 aromatic rings. The Hall–Kier alpha value is -1.91. The van der Waals surface area contributed by atoms with E-state index >= 15 is 0 Å². The first-order chi connectivity index (χ1) is 7.45. The molecule has 1 N–H and O–H groups in total. The maximum Gasteiger partial charge on any atom is 0.330 e. The van der Waals surface area contributed by atoms with Crippen LogP contribution in [0.1, 0.15) is 20.3 Å². The summed E-state index contributed by atoms with van der Waals surface area (Å²) in [4.78, 5) is 28.2. The van der Waals surface area contributed by atoms with E-state index in [0.717, 1.165) is 5.57 Å². The number of hydrogen-bond acceptors (Lipinski definition) is 3. The third kappa shape index (κ3) is 1.36. The Morgan fingerprint density at radius 3 is 2.94 bits per heavy atom. The van der Waals surface area contributed by atoms with Gasteiger partial charge >= 0.3 is 5.97 Å². The SMILES string of the molecule is CC1=CC=CN2C1=NC(=O)CC2(C)C(=O)O. The minimum absolute atomic E-state index is 0.108. The van der Waals surface area contributed by atoms with Gasteiger partial charge in [-0.2, -0.15) is 4.99 Å². The number of rotatable bonds is 1. The molecule has 5 heteroatoms. The zero-order valence-electron chi connectivity index (χ0n) is 9.10. The summed E-state index contributed by atoms with van der Waals surface area (Å²) in [6.45, 7) is 3.33. The van der Waals surface area contributed by atoms with Gasteiger partial charge < -0.3 is 10.0 Å². The van der Waals surface area contributed by atoms with Gasteiger partial charge in [0.15, 0.2) is 0 Å². The van der Waals surface area contributed by atoms with Gasteiger partial charge in [0, 0.05) is 6.20 Å². The van der Waals surface area contributed by atoms with Crippen LogP contribution in [0.25, 0.3) is 0 Å². The molecule has 1 amide bonds. The molecule has 0 aromatic carbocycles. The van der Waals surface area contributed by atoms with E-state index in [9.17, 15) is 14.7 Å². The summed E-state index contributed by atoms with van der Waals surface area (Å²) in [6.07, 6.45) is 5.09. The van der Waals surface area contributed by atoms with Gasteiger partial charge in [0.1, 0.15) is 11.4 Å². The lowest BCUT2D eigenvalue weighted by Gasteiger charge is -2.40. The monoisotopic (exact) mass is 220 g/mol. The number of allylic oxidation sites excluding steroid dienone is 2. The summed E-state index contributed by atoms with van der Waals surface area (Å²) < 4.78 is 0. The number of aliphatic carboxylic acids is 1. The molecule has 0 saturated heterocycles. The predicted octanol–water partition coefficient (Wildman–Crippen LogP) is 0.934. The highest BCUT2D eigenvalue weighted by Gasteiger charge is 2.46. The van der Waals surface area contributed by atoms with Gasteiger partial charge in [0.25, 0.3) is 5.91 Å². The third-order valence-electron chi connectivity index (χ3n) is 2.88. The predicted molar refractivity (Wildman–Crippen MR) is 57.8 cm³/mol. The molecule has 0 saturated carbocycles. The fourth-order valence-corrected chi connectivity index (χ4v) is 1.86. The third-order valence-corrected chi connectivity index (χ3v) is 2.88. The Balaban J connectivity index is 2.54. The molecule has 16 heavy (non-hydrogen) atoms. The maximum absolute atomic E-state index is 11.5. The molecular weight excluding hydrogens is 208 g/mol. The van der Waals surface area contributed by atoms with Gasteiger partial charge in [0.2, 0.25) is 0 Å². The van der Waals surface area contributed by atoms with Gasteiger partial charge in [-0.25, -0.2) is 4.79 Å². The summed E-state index contributed by atoms with van der Waals surface area (Å²) in [5.41, 5.74) is -0.441. The molecule has 0 aromatic heterocycles. The number of carboxylic acid groups (broad SMARTS) is 1. The van der Waals surface area contributed by atoms with E-state index in [1.807, 2.05) is 0 Å². The molecule has 2 rings (SSSR count). The van der Waals surface area contributed by atoms with Crippen LogP contribution < -0.4 is 0 Å². The fourth-order valence-electron chi connectivity index (χ4n) is 1.86. The van der Waals surface area contributed by atoms with Crippen LogP contribution in [0, 0.1) is 0 Å². The Kier molecular flexibility index (Phi) is 2.18. The van der Waals surface area contributed by atoms with Crippen molar-refractivity contribution in [2.45, 2.75) is 25.8 Å². The standard InChI is InChI=1S/C11H12N2O3/c1-7-4-3-5-13-9(7)12-8(14)6-11(13,2)10(15)16/h3-5H,6H2,1-2H3,(H,15,16).